The van der Waals surface area contributed by atoms with E-state index in [9.17, 15) is 9.59 Å². The van der Waals surface area contributed by atoms with Crippen LogP contribution in [0.3, 0.4) is 0 Å². The number of ether oxygens (including phenoxy) is 3. The fourth-order valence-corrected chi connectivity index (χ4v) is 7.46. The van der Waals surface area contributed by atoms with E-state index in [0.29, 0.717) is 11.8 Å². The Hall–Kier alpha value is -1.96. The van der Waals surface area contributed by atoms with Crippen molar-refractivity contribution in [3.63, 3.8) is 0 Å². The second-order valence-electron chi connectivity index (χ2n) is 10.3. The number of rotatable bonds is 3. The lowest BCUT2D eigenvalue weighted by molar-refractivity contribution is -0.160. The third-order valence-electron chi connectivity index (χ3n) is 8.82. The zero-order valence-electron chi connectivity index (χ0n) is 18.6. The molecule has 0 spiro atoms. The third-order valence-corrected chi connectivity index (χ3v) is 8.82. The largest absolute Gasteiger partial charge is 0.462 e. The van der Waals surface area contributed by atoms with Crippen LogP contribution in [0.25, 0.3) is 0 Å². The quantitative estimate of drug-likeness (QED) is 0.389. The number of hydrogen-bond donors (Lipinski definition) is 0. The lowest BCUT2D eigenvalue weighted by atomic mass is 9.47. The summed E-state index contributed by atoms with van der Waals surface area (Å²) in [4.78, 5) is 23.5. The molecule has 0 aromatic rings. The minimum Gasteiger partial charge on any atom is -0.462 e. The van der Waals surface area contributed by atoms with Crippen molar-refractivity contribution in [2.24, 2.45) is 28.6 Å². The molecule has 0 aromatic carbocycles. The van der Waals surface area contributed by atoms with Gasteiger partial charge in [0.1, 0.15) is 24.4 Å². The summed E-state index contributed by atoms with van der Waals surface area (Å²) >= 11 is 0. The molecule has 4 aliphatic rings. The van der Waals surface area contributed by atoms with Crippen molar-refractivity contribution in [3.05, 3.63) is 11.6 Å². The Balaban J connectivity index is 1.69. The van der Waals surface area contributed by atoms with Crippen LogP contribution in [0, 0.1) is 41.1 Å². The number of fused-ring (bicyclic) bond motifs is 5. The summed E-state index contributed by atoms with van der Waals surface area (Å²) in [5.41, 5.74) is 1.37. The molecular weight excluding hydrogens is 380 g/mol. The van der Waals surface area contributed by atoms with Gasteiger partial charge in [0, 0.05) is 31.6 Å². The molecule has 3 fully saturated rings. The second-order valence-corrected chi connectivity index (χ2v) is 10.3. The molecule has 0 radical (unpaired) electrons. The summed E-state index contributed by atoms with van der Waals surface area (Å²) in [5, 5.41) is 0. The van der Waals surface area contributed by atoms with Crippen LogP contribution in [0.4, 0.5) is 0 Å². The van der Waals surface area contributed by atoms with Crippen molar-refractivity contribution in [2.75, 3.05) is 0 Å². The average Bonchev–Trinajstić information content (AvgIpc) is 2.99. The Kier molecular flexibility index (Phi) is 5.41. The van der Waals surface area contributed by atoms with Crippen LogP contribution in [0.2, 0.25) is 0 Å². The van der Waals surface area contributed by atoms with Crippen LogP contribution in [-0.4, -0.2) is 30.3 Å². The summed E-state index contributed by atoms with van der Waals surface area (Å²) in [6.07, 6.45) is 16.6. The van der Waals surface area contributed by atoms with Crippen LogP contribution in [0.5, 0.6) is 0 Å². The van der Waals surface area contributed by atoms with Gasteiger partial charge in [0.05, 0.1) is 0 Å². The van der Waals surface area contributed by atoms with Crippen molar-refractivity contribution in [1.29, 1.82) is 0 Å². The molecule has 4 rings (SSSR count). The van der Waals surface area contributed by atoms with Crippen molar-refractivity contribution in [1.82, 2.24) is 0 Å². The maximum absolute atomic E-state index is 12.0. The monoisotopic (exact) mass is 414 g/mol. The number of carbonyl (C=O) groups is 2. The topological polar surface area (TPSA) is 61.8 Å². The Labute approximate surface area is 179 Å². The molecule has 0 N–H and O–H groups in total. The molecule has 0 aromatic heterocycles. The fraction of sp³-hybridized carbons (Fsp3) is 0.760. The first-order valence-corrected chi connectivity index (χ1v) is 11.4. The van der Waals surface area contributed by atoms with Gasteiger partial charge >= 0.3 is 11.9 Å². The predicted octanol–water partition coefficient (Wildman–Crippen LogP) is 4.40. The molecule has 7 unspecified atom stereocenters. The van der Waals surface area contributed by atoms with Gasteiger partial charge in [0.25, 0.3) is 0 Å². The Bertz CT molecular complexity index is 794. The van der Waals surface area contributed by atoms with E-state index < -0.39 is 0 Å². The van der Waals surface area contributed by atoms with E-state index in [4.69, 9.17) is 20.6 Å². The minimum absolute atomic E-state index is 0.0165. The van der Waals surface area contributed by atoms with Gasteiger partial charge in [-0.05, 0) is 61.9 Å². The number of esters is 2. The Morgan fingerprint density at radius 3 is 2.43 bits per heavy atom. The average molecular weight is 415 g/mol. The molecule has 5 nitrogen and oxygen atoms in total. The maximum atomic E-state index is 12.0. The van der Waals surface area contributed by atoms with Crippen molar-refractivity contribution >= 4 is 11.9 Å². The highest BCUT2D eigenvalue weighted by Gasteiger charge is 2.62. The minimum atomic E-state index is -0.242. The predicted molar refractivity (Wildman–Crippen MR) is 112 cm³/mol. The van der Waals surface area contributed by atoms with E-state index in [-0.39, 0.29) is 47.0 Å². The van der Waals surface area contributed by atoms with Crippen molar-refractivity contribution in [2.45, 2.75) is 91.0 Å². The summed E-state index contributed by atoms with van der Waals surface area (Å²) < 4.78 is 17.2. The van der Waals surface area contributed by atoms with E-state index in [0.717, 1.165) is 44.9 Å². The zero-order chi connectivity index (χ0) is 21.7. The Morgan fingerprint density at radius 1 is 1.03 bits per heavy atom. The van der Waals surface area contributed by atoms with Gasteiger partial charge in [0.2, 0.25) is 0 Å². The van der Waals surface area contributed by atoms with Crippen LogP contribution in [-0.2, 0) is 23.8 Å². The van der Waals surface area contributed by atoms with Crippen LogP contribution < -0.4 is 0 Å². The molecule has 3 saturated carbocycles. The van der Waals surface area contributed by atoms with Gasteiger partial charge in [-0.15, -0.1) is 0 Å². The van der Waals surface area contributed by atoms with E-state index in [1.807, 2.05) is 0 Å². The van der Waals surface area contributed by atoms with Crippen molar-refractivity contribution in [3.8, 4) is 12.5 Å². The smallest absolute Gasteiger partial charge is 0.303 e. The summed E-state index contributed by atoms with van der Waals surface area (Å²) in [6.45, 7) is 7.65. The van der Waals surface area contributed by atoms with Gasteiger partial charge in [-0.1, -0.05) is 25.8 Å². The fourth-order valence-electron chi connectivity index (χ4n) is 7.46. The van der Waals surface area contributed by atoms with Crippen LogP contribution in [0.15, 0.2) is 11.6 Å². The highest BCUT2D eigenvalue weighted by molar-refractivity contribution is 5.67. The molecule has 8 atom stereocenters. The normalized spacial score (nSPS) is 44.4. The molecule has 164 valence electrons. The first-order chi connectivity index (χ1) is 14.2. The number of carbonyl (C=O) groups excluding carboxylic acids is 2. The van der Waals surface area contributed by atoms with Crippen LogP contribution >= 0.6 is 0 Å². The Morgan fingerprint density at radius 2 is 1.77 bits per heavy atom. The molecule has 4 aliphatic carbocycles. The molecule has 30 heavy (non-hydrogen) atoms. The first kappa shape index (κ1) is 21.3. The molecule has 0 saturated heterocycles. The highest BCUT2D eigenvalue weighted by Crippen LogP contribution is 2.65. The van der Waals surface area contributed by atoms with Gasteiger partial charge in [-0.2, -0.15) is 0 Å². The first-order valence-electron chi connectivity index (χ1n) is 11.4. The molecule has 0 heterocycles. The molecule has 5 heteroatoms. The lowest BCUT2D eigenvalue weighted by Crippen LogP contribution is -2.56. The molecule has 0 bridgehead atoms. The summed E-state index contributed by atoms with van der Waals surface area (Å²) in [7, 11) is 0. The standard InChI is InChI=1S/C25H34O5/c1-6-28-22-8-7-19-23-20(10-12-25(19,22)5)24(4)11-9-18(29-15(2)26)13-17(24)14-21(23)30-16(3)27/h1,14,18-23H,7-13H2,2-5H3/t18?,19?,20?,21?,22?,23-,24?,25?/m0/s1. The number of hydrogen-bond acceptors (Lipinski definition) is 5. The van der Waals surface area contributed by atoms with Gasteiger partial charge in [0.15, 0.2) is 0 Å². The van der Waals surface area contributed by atoms with E-state index in [2.05, 4.69) is 26.0 Å². The zero-order valence-corrected chi connectivity index (χ0v) is 18.6. The van der Waals surface area contributed by atoms with E-state index in [1.54, 1.807) is 0 Å². The lowest BCUT2D eigenvalue weighted by Gasteiger charge is -2.59. The van der Waals surface area contributed by atoms with Gasteiger partial charge < -0.3 is 14.2 Å². The second kappa shape index (κ2) is 7.62. The van der Waals surface area contributed by atoms with Gasteiger partial charge in [-0.3, -0.25) is 9.59 Å². The summed E-state index contributed by atoms with van der Waals surface area (Å²) in [6, 6.07) is 0. The highest BCUT2D eigenvalue weighted by atomic mass is 16.5. The summed E-state index contributed by atoms with van der Waals surface area (Å²) in [5.74, 6) is 0.669. The molecular formula is C25H34O5. The van der Waals surface area contributed by atoms with E-state index in [1.165, 1.54) is 19.4 Å². The molecule has 0 aliphatic heterocycles. The molecule has 0 amide bonds. The van der Waals surface area contributed by atoms with Crippen molar-refractivity contribution < 1.29 is 23.8 Å². The third kappa shape index (κ3) is 3.33. The maximum Gasteiger partial charge on any atom is 0.303 e. The SMILES string of the molecule is C#COC1CCC2[C@@H]3C(OC(C)=O)C=C4CC(OC(C)=O)CCC4(C)C3CCC12C. The van der Waals surface area contributed by atoms with E-state index >= 15 is 0 Å². The van der Waals surface area contributed by atoms with Gasteiger partial charge in [-0.25, -0.2) is 0 Å². The number of terminal acetylenes is 1. The van der Waals surface area contributed by atoms with Crippen LogP contribution in [0.1, 0.15) is 72.6 Å².